The van der Waals surface area contributed by atoms with Crippen LogP contribution < -0.4 is 5.32 Å². The van der Waals surface area contributed by atoms with Gasteiger partial charge in [-0.2, -0.15) is 0 Å². The molecule has 0 amide bonds. The summed E-state index contributed by atoms with van der Waals surface area (Å²) < 4.78 is 0. The first kappa shape index (κ1) is 12.4. The van der Waals surface area contributed by atoms with Crippen LogP contribution in [0.4, 0.5) is 5.82 Å². The standard InChI is InChI=1S/C14H23N3/c1-11-6-4-7-12(2)17(11)10-13-8-5-9-16-14(13)15-3/h5,8-9,11-12H,4,6-7,10H2,1-3H3,(H,15,16)/t11-,12+. The lowest BCUT2D eigenvalue weighted by Gasteiger charge is -2.39. The van der Waals surface area contributed by atoms with Crippen LogP contribution in [0.1, 0.15) is 38.7 Å². The SMILES string of the molecule is CNc1ncccc1CN1[C@H](C)CCC[C@@H]1C. The molecule has 1 aromatic heterocycles. The van der Waals surface area contributed by atoms with Crippen LogP contribution in [0.5, 0.6) is 0 Å². The van der Waals surface area contributed by atoms with Gasteiger partial charge < -0.3 is 5.32 Å². The molecule has 2 heterocycles. The average Bonchev–Trinajstić information content (AvgIpc) is 2.34. The predicted molar refractivity (Wildman–Crippen MR) is 72.1 cm³/mol. The zero-order chi connectivity index (χ0) is 12.3. The predicted octanol–water partition coefficient (Wildman–Crippen LogP) is 2.89. The van der Waals surface area contributed by atoms with Gasteiger partial charge in [0, 0.05) is 37.4 Å². The Hall–Kier alpha value is -1.09. The summed E-state index contributed by atoms with van der Waals surface area (Å²) in [6.45, 7) is 5.68. The minimum Gasteiger partial charge on any atom is -0.373 e. The first-order valence-corrected chi connectivity index (χ1v) is 6.59. The fourth-order valence-corrected chi connectivity index (χ4v) is 2.77. The summed E-state index contributed by atoms with van der Waals surface area (Å²) >= 11 is 0. The first-order chi connectivity index (χ1) is 8.22. The van der Waals surface area contributed by atoms with Gasteiger partial charge in [0.05, 0.1) is 0 Å². The van der Waals surface area contributed by atoms with E-state index in [1.807, 2.05) is 19.3 Å². The van der Waals surface area contributed by atoms with Crippen LogP contribution in [0.15, 0.2) is 18.3 Å². The van der Waals surface area contributed by atoms with E-state index in [2.05, 4.69) is 35.1 Å². The van der Waals surface area contributed by atoms with Gasteiger partial charge >= 0.3 is 0 Å². The molecule has 3 heteroatoms. The van der Waals surface area contributed by atoms with Gasteiger partial charge in [0.25, 0.3) is 0 Å². The molecule has 0 aliphatic carbocycles. The van der Waals surface area contributed by atoms with Gasteiger partial charge in [0.15, 0.2) is 0 Å². The number of hydrogen-bond acceptors (Lipinski definition) is 3. The largest absolute Gasteiger partial charge is 0.373 e. The Morgan fingerprint density at radius 2 is 2.06 bits per heavy atom. The molecule has 1 aliphatic rings. The third-order valence-corrected chi connectivity index (χ3v) is 3.86. The highest BCUT2D eigenvalue weighted by Crippen LogP contribution is 2.25. The molecule has 3 nitrogen and oxygen atoms in total. The second-order valence-electron chi connectivity index (χ2n) is 5.06. The Kier molecular flexibility index (Phi) is 4.00. The van der Waals surface area contributed by atoms with Crippen molar-refractivity contribution in [1.82, 2.24) is 9.88 Å². The van der Waals surface area contributed by atoms with Gasteiger partial charge in [0.2, 0.25) is 0 Å². The minimum absolute atomic E-state index is 0.684. The van der Waals surface area contributed by atoms with Crippen LogP contribution in [-0.2, 0) is 6.54 Å². The Labute approximate surface area is 104 Å². The molecule has 1 fully saturated rings. The molecule has 2 rings (SSSR count). The van der Waals surface area contributed by atoms with Crippen molar-refractivity contribution in [3.05, 3.63) is 23.9 Å². The van der Waals surface area contributed by atoms with Crippen molar-refractivity contribution < 1.29 is 0 Å². The highest BCUT2D eigenvalue weighted by molar-refractivity contribution is 5.42. The minimum atomic E-state index is 0.684. The molecule has 1 aliphatic heterocycles. The van der Waals surface area contributed by atoms with Crippen molar-refractivity contribution in [2.45, 2.75) is 51.7 Å². The first-order valence-electron chi connectivity index (χ1n) is 6.59. The zero-order valence-corrected chi connectivity index (χ0v) is 11.1. The van der Waals surface area contributed by atoms with Crippen LogP contribution in [0.25, 0.3) is 0 Å². The van der Waals surface area contributed by atoms with E-state index in [1.165, 1.54) is 24.8 Å². The summed E-state index contributed by atoms with van der Waals surface area (Å²) in [6.07, 6.45) is 5.85. The van der Waals surface area contributed by atoms with Crippen LogP contribution in [0.3, 0.4) is 0 Å². The molecular formula is C14H23N3. The maximum Gasteiger partial charge on any atom is 0.130 e. The van der Waals surface area contributed by atoms with Gasteiger partial charge in [-0.1, -0.05) is 12.5 Å². The fourth-order valence-electron chi connectivity index (χ4n) is 2.77. The van der Waals surface area contributed by atoms with E-state index in [0.717, 1.165) is 12.4 Å². The topological polar surface area (TPSA) is 28.2 Å². The van der Waals surface area contributed by atoms with E-state index in [1.54, 1.807) is 0 Å². The Morgan fingerprint density at radius 3 is 2.71 bits per heavy atom. The summed E-state index contributed by atoms with van der Waals surface area (Å²) in [7, 11) is 1.94. The molecule has 1 saturated heterocycles. The Bertz CT molecular complexity index is 354. The molecular weight excluding hydrogens is 210 g/mol. The number of pyridine rings is 1. The van der Waals surface area contributed by atoms with Crippen molar-refractivity contribution in [3.63, 3.8) is 0 Å². The highest BCUT2D eigenvalue weighted by Gasteiger charge is 2.25. The van der Waals surface area contributed by atoms with E-state index >= 15 is 0 Å². The molecule has 0 radical (unpaired) electrons. The van der Waals surface area contributed by atoms with Crippen LogP contribution >= 0.6 is 0 Å². The van der Waals surface area contributed by atoms with E-state index in [-0.39, 0.29) is 0 Å². The van der Waals surface area contributed by atoms with Crippen LogP contribution in [0, 0.1) is 0 Å². The lowest BCUT2D eigenvalue weighted by atomic mass is 9.97. The van der Waals surface area contributed by atoms with E-state index in [4.69, 9.17) is 0 Å². The molecule has 0 aromatic carbocycles. The number of nitrogens with zero attached hydrogens (tertiary/aromatic N) is 2. The van der Waals surface area contributed by atoms with Gasteiger partial charge in [-0.05, 0) is 32.8 Å². The number of piperidine rings is 1. The van der Waals surface area contributed by atoms with Crippen molar-refractivity contribution in [2.75, 3.05) is 12.4 Å². The molecule has 1 aromatic rings. The van der Waals surface area contributed by atoms with Crippen molar-refractivity contribution in [2.24, 2.45) is 0 Å². The highest BCUT2D eigenvalue weighted by atomic mass is 15.2. The van der Waals surface area contributed by atoms with Crippen LogP contribution in [0.2, 0.25) is 0 Å². The number of nitrogens with one attached hydrogen (secondary N) is 1. The smallest absolute Gasteiger partial charge is 0.130 e. The molecule has 1 N–H and O–H groups in total. The summed E-state index contributed by atoms with van der Waals surface area (Å²) in [5, 5.41) is 3.18. The summed E-state index contributed by atoms with van der Waals surface area (Å²) in [6, 6.07) is 5.56. The average molecular weight is 233 g/mol. The van der Waals surface area contributed by atoms with Crippen molar-refractivity contribution in [1.29, 1.82) is 0 Å². The van der Waals surface area contributed by atoms with Crippen molar-refractivity contribution in [3.8, 4) is 0 Å². The number of aromatic nitrogens is 1. The molecule has 0 spiro atoms. The number of rotatable bonds is 3. The van der Waals surface area contributed by atoms with E-state index in [9.17, 15) is 0 Å². The van der Waals surface area contributed by atoms with E-state index < -0.39 is 0 Å². The van der Waals surface area contributed by atoms with Gasteiger partial charge in [-0.25, -0.2) is 4.98 Å². The third-order valence-electron chi connectivity index (χ3n) is 3.86. The second kappa shape index (κ2) is 5.50. The molecule has 0 unspecified atom stereocenters. The zero-order valence-electron chi connectivity index (χ0n) is 11.1. The summed E-state index contributed by atoms with van der Waals surface area (Å²) in [5.74, 6) is 1.01. The second-order valence-corrected chi connectivity index (χ2v) is 5.06. The number of likely N-dealkylation sites (tertiary alicyclic amines) is 1. The Balaban J connectivity index is 2.13. The maximum absolute atomic E-state index is 4.37. The fraction of sp³-hybridized carbons (Fsp3) is 0.643. The van der Waals surface area contributed by atoms with Crippen LogP contribution in [-0.4, -0.2) is 29.0 Å². The lowest BCUT2D eigenvalue weighted by molar-refractivity contribution is 0.0954. The summed E-state index contributed by atoms with van der Waals surface area (Å²) in [4.78, 5) is 6.97. The molecule has 94 valence electrons. The molecule has 0 saturated carbocycles. The quantitative estimate of drug-likeness (QED) is 0.870. The Morgan fingerprint density at radius 1 is 1.35 bits per heavy atom. The summed E-state index contributed by atoms with van der Waals surface area (Å²) in [5.41, 5.74) is 1.30. The van der Waals surface area contributed by atoms with Gasteiger partial charge in [-0.3, -0.25) is 4.90 Å². The lowest BCUT2D eigenvalue weighted by Crippen LogP contribution is -2.43. The monoisotopic (exact) mass is 233 g/mol. The molecule has 2 atom stereocenters. The third kappa shape index (κ3) is 2.78. The van der Waals surface area contributed by atoms with E-state index in [0.29, 0.717) is 12.1 Å². The molecule has 0 bridgehead atoms. The van der Waals surface area contributed by atoms with Gasteiger partial charge in [0.1, 0.15) is 5.82 Å². The van der Waals surface area contributed by atoms with Gasteiger partial charge in [-0.15, -0.1) is 0 Å². The normalized spacial score (nSPS) is 25.8. The molecule has 17 heavy (non-hydrogen) atoms. The number of hydrogen-bond donors (Lipinski definition) is 1. The van der Waals surface area contributed by atoms with Crippen molar-refractivity contribution >= 4 is 5.82 Å². The maximum atomic E-state index is 4.37. The number of anilines is 1.